The second kappa shape index (κ2) is 6.83. The number of hydrogen-bond acceptors (Lipinski definition) is 4. The van der Waals surface area contributed by atoms with E-state index in [1.165, 1.54) is 0 Å². The van der Waals surface area contributed by atoms with Crippen LogP contribution >= 0.6 is 0 Å². The molecule has 2 aromatic carbocycles. The van der Waals surface area contributed by atoms with Gasteiger partial charge in [0.15, 0.2) is 11.5 Å². The Morgan fingerprint density at radius 2 is 1.79 bits per heavy atom. The third-order valence-corrected chi connectivity index (χ3v) is 4.28. The number of carbonyl (C=O) groups excluding carboxylic acids is 1. The van der Waals surface area contributed by atoms with Gasteiger partial charge in [-0.3, -0.25) is 4.79 Å². The van der Waals surface area contributed by atoms with Gasteiger partial charge in [-0.1, -0.05) is 18.2 Å². The number of nitrogens with zero attached hydrogens (tertiary/aromatic N) is 1. The molecule has 0 radical (unpaired) electrons. The fourth-order valence-electron chi connectivity index (χ4n) is 2.97. The van der Waals surface area contributed by atoms with Gasteiger partial charge in [-0.25, -0.2) is 0 Å². The van der Waals surface area contributed by atoms with Crippen LogP contribution in [0, 0.1) is 0 Å². The van der Waals surface area contributed by atoms with Gasteiger partial charge in [0.1, 0.15) is 12.4 Å². The van der Waals surface area contributed by atoms with Crippen LogP contribution in [-0.2, 0) is 13.0 Å². The van der Waals surface area contributed by atoms with Crippen molar-refractivity contribution < 1.29 is 19.0 Å². The van der Waals surface area contributed by atoms with Crippen LogP contribution in [0.5, 0.6) is 17.2 Å². The molecule has 1 aliphatic heterocycles. The molecule has 0 fully saturated rings. The van der Waals surface area contributed by atoms with Crippen LogP contribution in [0.3, 0.4) is 0 Å². The molecule has 0 saturated heterocycles. The van der Waals surface area contributed by atoms with Crippen molar-refractivity contribution in [2.75, 3.05) is 27.8 Å². The molecule has 5 nitrogen and oxygen atoms in total. The highest BCUT2D eigenvalue weighted by Crippen LogP contribution is 2.33. The first-order chi connectivity index (χ1) is 11.7. The zero-order chi connectivity index (χ0) is 17.1. The van der Waals surface area contributed by atoms with Gasteiger partial charge in [-0.05, 0) is 24.6 Å². The molecule has 0 aromatic heterocycles. The minimum atomic E-state index is 0.0423. The molecular formula is C19H21NO4. The molecule has 1 heterocycles. The molecule has 0 aliphatic carbocycles. The van der Waals surface area contributed by atoms with Gasteiger partial charge < -0.3 is 19.1 Å². The Kier molecular flexibility index (Phi) is 4.60. The summed E-state index contributed by atoms with van der Waals surface area (Å²) in [6.07, 6.45) is 0.795. The van der Waals surface area contributed by atoms with Crippen molar-refractivity contribution in [3.05, 3.63) is 53.1 Å². The maximum Gasteiger partial charge on any atom is 0.254 e. The lowest BCUT2D eigenvalue weighted by atomic mass is 9.98. The Labute approximate surface area is 141 Å². The molecule has 0 N–H and O–H groups in total. The van der Waals surface area contributed by atoms with Crippen LogP contribution in [0.25, 0.3) is 0 Å². The number of hydrogen-bond donors (Lipinski definition) is 0. The third-order valence-electron chi connectivity index (χ3n) is 4.28. The van der Waals surface area contributed by atoms with E-state index in [2.05, 4.69) is 0 Å². The molecule has 0 saturated carbocycles. The van der Waals surface area contributed by atoms with Crippen molar-refractivity contribution in [3.63, 3.8) is 0 Å². The molecule has 1 aliphatic rings. The van der Waals surface area contributed by atoms with E-state index < -0.39 is 0 Å². The minimum Gasteiger partial charge on any atom is -0.493 e. The monoisotopic (exact) mass is 327 g/mol. The number of fused-ring (bicyclic) bond motifs is 1. The second-order valence-corrected chi connectivity index (χ2v) is 5.70. The summed E-state index contributed by atoms with van der Waals surface area (Å²) in [5.74, 6) is 2.13. The summed E-state index contributed by atoms with van der Waals surface area (Å²) in [6, 6.07) is 11.3. The lowest BCUT2D eigenvalue weighted by Gasteiger charge is -2.26. The van der Waals surface area contributed by atoms with E-state index in [0.717, 1.165) is 28.9 Å². The molecule has 0 atom stereocenters. The molecule has 0 bridgehead atoms. The summed E-state index contributed by atoms with van der Waals surface area (Å²) in [6.45, 7) is 1.05. The fraction of sp³-hybridized carbons (Fsp3) is 0.316. The quantitative estimate of drug-likeness (QED) is 0.847. The molecule has 5 heteroatoms. The molecule has 3 rings (SSSR count). The first-order valence-electron chi connectivity index (χ1n) is 7.85. The Morgan fingerprint density at radius 1 is 1.04 bits per heavy atom. The number of benzene rings is 2. The Bertz CT molecular complexity index is 757. The van der Waals surface area contributed by atoms with Crippen molar-refractivity contribution in [1.29, 1.82) is 0 Å². The normalized spacial score (nSPS) is 13.5. The van der Waals surface area contributed by atoms with Crippen LogP contribution in [0.4, 0.5) is 0 Å². The van der Waals surface area contributed by atoms with Gasteiger partial charge in [0, 0.05) is 30.3 Å². The van der Waals surface area contributed by atoms with Gasteiger partial charge in [0.25, 0.3) is 5.91 Å². The number of amides is 1. The molecular weight excluding hydrogens is 306 g/mol. The average molecular weight is 327 g/mol. The molecule has 126 valence electrons. The summed E-state index contributed by atoms with van der Waals surface area (Å²) in [4.78, 5) is 14.0. The number of methoxy groups -OCH3 is 2. The maximum atomic E-state index is 12.3. The molecule has 0 unspecified atom stereocenters. The third kappa shape index (κ3) is 2.89. The summed E-state index contributed by atoms with van der Waals surface area (Å²) in [5, 5.41) is 0. The van der Waals surface area contributed by atoms with Crippen LogP contribution in [0.1, 0.15) is 21.5 Å². The maximum absolute atomic E-state index is 12.3. The second-order valence-electron chi connectivity index (χ2n) is 5.70. The summed E-state index contributed by atoms with van der Waals surface area (Å²) in [7, 11) is 5.04. The van der Waals surface area contributed by atoms with E-state index >= 15 is 0 Å². The highest BCUT2D eigenvalue weighted by atomic mass is 16.5. The van der Waals surface area contributed by atoms with Gasteiger partial charge in [-0.2, -0.15) is 0 Å². The van der Waals surface area contributed by atoms with Gasteiger partial charge in [0.05, 0.1) is 14.2 Å². The van der Waals surface area contributed by atoms with E-state index in [9.17, 15) is 4.79 Å². The molecule has 0 spiro atoms. The lowest BCUT2D eigenvalue weighted by Crippen LogP contribution is -2.34. The minimum absolute atomic E-state index is 0.0423. The Balaban J connectivity index is 1.85. The number of rotatable bonds is 5. The Morgan fingerprint density at radius 3 is 2.54 bits per heavy atom. The average Bonchev–Trinajstić information content (AvgIpc) is 2.62. The van der Waals surface area contributed by atoms with Crippen LogP contribution in [0.15, 0.2) is 36.4 Å². The highest BCUT2D eigenvalue weighted by molar-refractivity contribution is 5.97. The highest BCUT2D eigenvalue weighted by Gasteiger charge is 2.24. The topological polar surface area (TPSA) is 48.0 Å². The Hall–Kier alpha value is -2.69. The smallest absolute Gasteiger partial charge is 0.254 e. The van der Waals surface area contributed by atoms with E-state index in [-0.39, 0.29) is 5.91 Å². The van der Waals surface area contributed by atoms with Gasteiger partial charge in [-0.15, -0.1) is 0 Å². The number of para-hydroxylation sites is 1. The lowest BCUT2D eigenvalue weighted by molar-refractivity contribution is 0.0779. The first-order valence-corrected chi connectivity index (χ1v) is 7.85. The zero-order valence-corrected chi connectivity index (χ0v) is 14.2. The first kappa shape index (κ1) is 16.2. The largest absolute Gasteiger partial charge is 0.493 e. The zero-order valence-electron chi connectivity index (χ0n) is 14.2. The van der Waals surface area contributed by atoms with E-state index in [0.29, 0.717) is 24.7 Å². The van der Waals surface area contributed by atoms with Crippen molar-refractivity contribution in [3.8, 4) is 17.2 Å². The van der Waals surface area contributed by atoms with Crippen molar-refractivity contribution in [2.45, 2.75) is 13.0 Å². The fourth-order valence-corrected chi connectivity index (χ4v) is 2.97. The predicted octanol–water partition coefficient (Wildman–Crippen LogP) is 2.91. The van der Waals surface area contributed by atoms with E-state index in [1.807, 2.05) is 43.4 Å². The van der Waals surface area contributed by atoms with Gasteiger partial charge in [0.2, 0.25) is 0 Å². The number of ether oxygens (including phenoxy) is 3. The molecule has 2 aromatic rings. The predicted molar refractivity (Wildman–Crippen MR) is 91.0 cm³/mol. The van der Waals surface area contributed by atoms with Crippen LogP contribution in [0.2, 0.25) is 0 Å². The summed E-state index contributed by atoms with van der Waals surface area (Å²) < 4.78 is 16.8. The summed E-state index contributed by atoms with van der Waals surface area (Å²) in [5.41, 5.74) is 2.59. The molecule has 1 amide bonds. The van der Waals surface area contributed by atoms with Crippen molar-refractivity contribution in [2.24, 2.45) is 0 Å². The van der Waals surface area contributed by atoms with E-state index in [4.69, 9.17) is 14.2 Å². The van der Waals surface area contributed by atoms with Crippen molar-refractivity contribution in [1.82, 2.24) is 4.90 Å². The number of likely N-dealkylation sites (N-methyl/N-ethyl adjacent to an activating group) is 1. The summed E-state index contributed by atoms with van der Waals surface area (Å²) >= 11 is 0. The van der Waals surface area contributed by atoms with Crippen molar-refractivity contribution >= 4 is 5.91 Å². The molecule has 24 heavy (non-hydrogen) atoms. The van der Waals surface area contributed by atoms with Gasteiger partial charge >= 0.3 is 0 Å². The van der Waals surface area contributed by atoms with E-state index in [1.54, 1.807) is 19.1 Å². The van der Waals surface area contributed by atoms with Crippen LogP contribution < -0.4 is 14.2 Å². The van der Waals surface area contributed by atoms with Crippen LogP contribution in [-0.4, -0.2) is 38.6 Å². The SMILES string of the molecule is COc1cccc(COc2cccc3c2CCN(C)C3=O)c1OC. The standard InChI is InChI=1S/C19H21NO4/c1-20-11-10-14-15(19(20)21)7-5-8-16(14)24-12-13-6-4-9-17(22-2)18(13)23-3/h4-9H,10-12H2,1-3H3. The number of carbonyl (C=O) groups is 1.